The Morgan fingerprint density at radius 1 is 1.09 bits per heavy atom. The van der Waals surface area contributed by atoms with Crippen LogP contribution in [-0.4, -0.2) is 70.4 Å². The van der Waals surface area contributed by atoms with Crippen LogP contribution in [0.4, 0.5) is 4.79 Å². The molecule has 4 rings (SSSR count). The van der Waals surface area contributed by atoms with Gasteiger partial charge >= 0.3 is 6.03 Å². The van der Waals surface area contributed by atoms with Crippen LogP contribution in [0.3, 0.4) is 0 Å². The molecule has 0 radical (unpaired) electrons. The number of hydrogen-bond acceptors (Lipinski definition) is 7. The highest BCUT2D eigenvalue weighted by molar-refractivity contribution is 7.98. The zero-order valence-corrected chi connectivity index (χ0v) is 29.8. The number of carbonyl (C=O) groups excluding carboxylic acids is 5. The minimum absolute atomic E-state index is 0.0659. The molecule has 0 spiro atoms. The van der Waals surface area contributed by atoms with Crippen LogP contribution in [-0.2, 0) is 24.9 Å². The Kier molecular flexibility index (Phi) is 11.8. The number of hydrogen-bond donors (Lipinski definition) is 4. The summed E-state index contributed by atoms with van der Waals surface area (Å²) >= 11 is 1.72. The fraction of sp³-hybridized carbons (Fsp3) is 0.743. The highest BCUT2D eigenvalue weighted by atomic mass is 32.2. The maximum atomic E-state index is 14.5. The summed E-state index contributed by atoms with van der Waals surface area (Å²) in [6.07, 6.45) is 9.10. The zero-order valence-electron chi connectivity index (χ0n) is 29.0. The minimum Gasteiger partial charge on any atom is -0.468 e. The lowest BCUT2D eigenvalue weighted by atomic mass is 9.71. The number of nitrogens with two attached hydrogens (primary N) is 1. The van der Waals surface area contributed by atoms with Crippen molar-refractivity contribution in [1.29, 1.82) is 0 Å². The van der Waals surface area contributed by atoms with Crippen molar-refractivity contribution in [2.45, 2.75) is 129 Å². The van der Waals surface area contributed by atoms with E-state index in [9.17, 15) is 24.0 Å². The summed E-state index contributed by atoms with van der Waals surface area (Å²) in [6, 6.07) is 0.588. The van der Waals surface area contributed by atoms with Crippen LogP contribution in [0.2, 0.25) is 0 Å². The van der Waals surface area contributed by atoms with Gasteiger partial charge in [0.2, 0.25) is 17.6 Å². The van der Waals surface area contributed by atoms with Gasteiger partial charge in [0.05, 0.1) is 23.6 Å². The molecule has 1 aromatic rings. The quantitative estimate of drug-likeness (QED) is 0.224. The van der Waals surface area contributed by atoms with Crippen LogP contribution in [0.5, 0.6) is 0 Å². The molecule has 0 bridgehead atoms. The number of carbonyl (C=O) groups is 5. The number of urea groups is 1. The summed E-state index contributed by atoms with van der Waals surface area (Å²) in [6.45, 7) is 12.2. The number of thioether (sulfide) groups is 1. The summed E-state index contributed by atoms with van der Waals surface area (Å²) in [7, 11) is 0. The summed E-state index contributed by atoms with van der Waals surface area (Å²) in [5, 5.41) is 9.08. The average molecular weight is 674 g/mol. The van der Waals surface area contributed by atoms with Crippen molar-refractivity contribution >= 4 is 41.3 Å². The molecule has 3 fully saturated rings. The molecule has 0 aromatic carbocycles. The lowest BCUT2D eigenvalue weighted by Gasteiger charge is -2.49. The number of nitrogens with zero attached hydrogens (tertiary/aromatic N) is 1. The topological polar surface area (TPSA) is 164 Å². The highest BCUT2D eigenvalue weighted by Gasteiger charge is 2.48. The molecule has 2 aliphatic carbocycles. The molecule has 1 aliphatic heterocycles. The van der Waals surface area contributed by atoms with Crippen LogP contribution >= 0.6 is 11.8 Å². The molecule has 3 aliphatic rings. The lowest BCUT2D eigenvalue weighted by molar-refractivity contribution is -0.151. The van der Waals surface area contributed by atoms with Gasteiger partial charge in [-0.3, -0.25) is 19.2 Å². The molecule has 11 nitrogen and oxygen atoms in total. The normalized spacial score (nSPS) is 23.7. The van der Waals surface area contributed by atoms with Crippen molar-refractivity contribution in [2.75, 3.05) is 12.3 Å². The van der Waals surface area contributed by atoms with Crippen LogP contribution < -0.4 is 21.7 Å². The summed E-state index contributed by atoms with van der Waals surface area (Å²) in [5.74, 6) is -0.0898. The van der Waals surface area contributed by atoms with E-state index in [0.29, 0.717) is 25.1 Å². The molecule has 5 N–H and O–H groups in total. The van der Waals surface area contributed by atoms with Crippen LogP contribution in [0, 0.1) is 22.7 Å². The number of ketones is 1. The van der Waals surface area contributed by atoms with E-state index in [1.807, 2.05) is 32.9 Å². The van der Waals surface area contributed by atoms with Crippen LogP contribution in [0.25, 0.3) is 0 Å². The SMILES string of the molecule is CC1CN(C(=O)[C@@H](NC(=O)NC2(CSCc3ccco3)CCCCC2)C(C)(C)C)[C@H](C(=O)NC(CC2CC2)C(=O)C(N)=O)CC1(C)C. The van der Waals surface area contributed by atoms with E-state index >= 15 is 0 Å². The Hall–Kier alpha value is -3.02. The smallest absolute Gasteiger partial charge is 0.315 e. The van der Waals surface area contributed by atoms with Gasteiger partial charge in [-0.1, -0.05) is 73.6 Å². The van der Waals surface area contributed by atoms with Crippen molar-refractivity contribution in [3.8, 4) is 0 Å². The molecular weight excluding hydrogens is 618 g/mol. The Morgan fingerprint density at radius 2 is 1.77 bits per heavy atom. The third-order valence-electron chi connectivity index (χ3n) is 10.4. The molecule has 12 heteroatoms. The second-order valence-electron chi connectivity index (χ2n) is 15.9. The number of primary amides is 1. The minimum atomic E-state index is -1.08. The second-order valence-corrected chi connectivity index (χ2v) is 16.9. The van der Waals surface area contributed by atoms with E-state index < -0.39 is 52.7 Å². The molecular formula is C35H55N5O6S. The number of amides is 5. The second kappa shape index (κ2) is 15.0. The van der Waals surface area contributed by atoms with Gasteiger partial charge in [0, 0.05) is 12.3 Å². The Balaban J connectivity index is 1.51. The Labute approximate surface area is 283 Å². The molecule has 2 saturated carbocycles. The third kappa shape index (κ3) is 9.76. The maximum absolute atomic E-state index is 14.5. The number of piperidine rings is 1. The maximum Gasteiger partial charge on any atom is 0.315 e. The first-order chi connectivity index (χ1) is 22.0. The van der Waals surface area contributed by atoms with Crippen molar-refractivity contribution in [3.63, 3.8) is 0 Å². The lowest BCUT2D eigenvalue weighted by Crippen LogP contribution is -2.66. The van der Waals surface area contributed by atoms with E-state index in [-0.39, 0.29) is 23.2 Å². The van der Waals surface area contributed by atoms with Crippen LogP contribution in [0.15, 0.2) is 22.8 Å². The third-order valence-corrected chi connectivity index (χ3v) is 11.7. The van der Waals surface area contributed by atoms with Gasteiger partial charge in [-0.15, -0.1) is 0 Å². The number of furan rings is 1. The molecule has 1 aromatic heterocycles. The molecule has 5 amide bonds. The summed E-state index contributed by atoms with van der Waals surface area (Å²) in [5.41, 5.74) is 3.98. The molecule has 4 atom stereocenters. The first-order valence-electron chi connectivity index (χ1n) is 17.1. The number of Topliss-reactive ketones (excluding diaryl/α,β-unsaturated/α-hetero) is 1. The average Bonchev–Trinajstić information content (AvgIpc) is 3.66. The molecule has 2 unspecified atom stereocenters. The predicted molar refractivity (Wildman–Crippen MR) is 182 cm³/mol. The van der Waals surface area contributed by atoms with E-state index in [1.165, 1.54) is 0 Å². The van der Waals surface area contributed by atoms with Gasteiger partial charge in [0.1, 0.15) is 17.8 Å². The fourth-order valence-electron chi connectivity index (χ4n) is 6.81. The molecule has 1 saturated heterocycles. The van der Waals surface area contributed by atoms with Gasteiger partial charge < -0.3 is 31.0 Å². The van der Waals surface area contributed by atoms with Gasteiger partial charge in [0.15, 0.2) is 0 Å². The van der Waals surface area contributed by atoms with Gasteiger partial charge in [-0.25, -0.2) is 4.79 Å². The molecule has 47 heavy (non-hydrogen) atoms. The van der Waals surface area contributed by atoms with Crippen molar-refractivity contribution in [1.82, 2.24) is 20.9 Å². The van der Waals surface area contributed by atoms with E-state index in [1.54, 1.807) is 22.9 Å². The van der Waals surface area contributed by atoms with Gasteiger partial charge in [0.25, 0.3) is 5.91 Å². The summed E-state index contributed by atoms with van der Waals surface area (Å²) in [4.78, 5) is 68.2. The largest absolute Gasteiger partial charge is 0.468 e. The van der Waals surface area contributed by atoms with Crippen molar-refractivity contribution < 1.29 is 28.4 Å². The van der Waals surface area contributed by atoms with Gasteiger partial charge in [-0.05, 0) is 60.5 Å². The summed E-state index contributed by atoms with van der Waals surface area (Å²) < 4.78 is 5.49. The van der Waals surface area contributed by atoms with E-state index in [2.05, 4.69) is 36.7 Å². The molecule has 262 valence electrons. The van der Waals surface area contributed by atoms with Crippen molar-refractivity contribution in [2.24, 2.45) is 28.4 Å². The first kappa shape index (κ1) is 36.8. The predicted octanol–water partition coefficient (Wildman–Crippen LogP) is 4.53. The number of rotatable bonds is 13. The number of nitrogens with one attached hydrogen (secondary N) is 3. The fourth-order valence-corrected chi connectivity index (χ4v) is 8.03. The van der Waals surface area contributed by atoms with E-state index in [4.69, 9.17) is 10.2 Å². The standard InChI is InChI=1S/C35H55N5O6S/c1-22-19-40(26(18-34(22,5)6)30(43)37-25(17-23-12-13-23)27(41)29(36)42)31(44)28(33(2,3)4)38-32(45)39-35(14-8-7-9-15-35)21-47-20-24-11-10-16-46-24/h10-11,16,22-23,25-26,28H,7-9,12-15,17-21H2,1-6H3,(H2,36,42)(H,37,43)(H2,38,39,45)/t22?,25?,26-,28+/m0/s1. The van der Waals surface area contributed by atoms with Gasteiger partial charge in [-0.2, -0.15) is 11.8 Å². The Bertz CT molecular complexity index is 1280. The molecule has 2 heterocycles. The van der Waals surface area contributed by atoms with Crippen LogP contribution in [0.1, 0.15) is 105 Å². The first-order valence-corrected chi connectivity index (χ1v) is 18.3. The Morgan fingerprint density at radius 3 is 2.34 bits per heavy atom. The van der Waals surface area contributed by atoms with Crippen molar-refractivity contribution in [3.05, 3.63) is 24.2 Å². The number of likely N-dealkylation sites (tertiary alicyclic amines) is 1. The zero-order chi connectivity index (χ0) is 34.6. The monoisotopic (exact) mass is 673 g/mol. The highest BCUT2D eigenvalue weighted by Crippen LogP contribution is 2.40. The van der Waals surface area contributed by atoms with E-state index in [0.717, 1.165) is 56.5 Å².